The molecule has 7 heteroatoms. The van der Waals surface area contributed by atoms with Crippen LogP contribution in [0.2, 0.25) is 0 Å². The van der Waals surface area contributed by atoms with Gasteiger partial charge in [-0.25, -0.2) is 0 Å². The second kappa shape index (κ2) is 4.58. The molecule has 0 unspecified atom stereocenters. The third-order valence-corrected chi connectivity index (χ3v) is 0.326. The van der Waals surface area contributed by atoms with Crippen molar-refractivity contribution in [2.75, 3.05) is 0 Å². The van der Waals surface area contributed by atoms with Gasteiger partial charge in [0.15, 0.2) is 0 Å². The van der Waals surface area contributed by atoms with Gasteiger partial charge in [0.2, 0.25) is 0 Å². The number of rotatable bonds is 0. The minimum Gasteiger partial charge on any atom is -0.842 e. The SMILES string of the molecule is [Li].[O-]c1nn[nH]n1.[OH3+]. The van der Waals surface area contributed by atoms with E-state index in [-0.39, 0.29) is 24.3 Å². The molecule has 4 N–H and O–H groups in total. The Bertz CT molecular complexity index is 118. The van der Waals surface area contributed by atoms with Crippen LogP contribution in [-0.4, -0.2) is 39.5 Å². The van der Waals surface area contributed by atoms with Gasteiger partial charge in [-0.2, -0.15) is 10.3 Å². The zero-order valence-electron chi connectivity index (χ0n) is 4.33. The Balaban J connectivity index is 0. The molecule has 1 aromatic rings. The van der Waals surface area contributed by atoms with Crippen LogP contribution < -0.4 is 5.11 Å². The van der Waals surface area contributed by atoms with E-state index >= 15 is 0 Å². The summed E-state index contributed by atoms with van der Waals surface area (Å²) in [5.41, 5.74) is 0. The van der Waals surface area contributed by atoms with Gasteiger partial charge in [-0.1, -0.05) is 5.21 Å². The molecule has 0 spiro atoms. The van der Waals surface area contributed by atoms with E-state index in [1.165, 1.54) is 0 Å². The van der Waals surface area contributed by atoms with Crippen LogP contribution in [0.15, 0.2) is 0 Å². The van der Waals surface area contributed by atoms with Crippen LogP contribution in [0, 0.1) is 0 Å². The first-order valence-corrected chi connectivity index (χ1v) is 1.30. The predicted molar refractivity (Wildman–Crippen MR) is 24.2 cm³/mol. The van der Waals surface area contributed by atoms with E-state index in [1.807, 2.05) is 5.21 Å². The smallest absolute Gasteiger partial charge is 0.130 e. The summed E-state index contributed by atoms with van der Waals surface area (Å²) in [4.78, 5) is 0. The summed E-state index contributed by atoms with van der Waals surface area (Å²) < 4.78 is 0. The van der Waals surface area contributed by atoms with Crippen molar-refractivity contribution < 1.29 is 10.6 Å². The van der Waals surface area contributed by atoms with E-state index < -0.39 is 6.01 Å². The molecule has 0 bridgehead atoms. The van der Waals surface area contributed by atoms with Crippen molar-refractivity contribution in [1.29, 1.82) is 0 Å². The van der Waals surface area contributed by atoms with Gasteiger partial charge in [-0.3, -0.25) is 0 Å². The second-order valence-corrected chi connectivity index (χ2v) is 0.694. The van der Waals surface area contributed by atoms with Crippen LogP contribution in [0.3, 0.4) is 0 Å². The van der Waals surface area contributed by atoms with Crippen LogP contribution in [0.1, 0.15) is 0 Å². The molecule has 0 aliphatic rings. The molecule has 1 radical (unpaired) electrons. The third-order valence-electron chi connectivity index (χ3n) is 0.326. The first kappa shape index (κ1) is 10.4. The minimum absolute atomic E-state index is 0. The molecule has 0 amide bonds. The number of hydrogen-bond donors (Lipinski definition) is 1. The van der Waals surface area contributed by atoms with Gasteiger partial charge in [-0.15, -0.1) is 5.10 Å². The summed E-state index contributed by atoms with van der Waals surface area (Å²) in [5.74, 6) is 0. The molecule has 0 saturated heterocycles. The minimum atomic E-state index is -0.574. The number of hydrogen-bond acceptors (Lipinski definition) is 4. The second-order valence-electron chi connectivity index (χ2n) is 0.694. The predicted octanol–water partition coefficient (Wildman–Crippen LogP) is -3.03. The zero-order valence-corrected chi connectivity index (χ0v) is 4.33. The largest absolute Gasteiger partial charge is 0.842 e. The molecule has 1 aromatic heterocycles. The van der Waals surface area contributed by atoms with E-state index in [9.17, 15) is 5.11 Å². The fraction of sp³-hybridized carbons (Fsp3) is 0. The first-order valence-electron chi connectivity index (χ1n) is 1.30. The molecule has 1 heterocycles. The number of H-pyrrole nitrogens is 1. The monoisotopic (exact) mass is 111 g/mol. The number of aromatic nitrogens is 4. The fourth-order valence-corrected chi connectivity index (χ4v) is 0.153. The maximum absolute atomic E-state index is 9.75. The molecule has 0 atom stereocenters. The average molecular weight is 111 g/mol. The zero-order chi connectivity index (χ0) is 4.41. The molecule has 0 aliphatic heterocycles. The van der Waals surface area contributed by atoms with Crippen molar-refractivity contribution in [3.63, 3.8) is 0 Å². The first-order chi connectivity index (χ1) is 2.89. The maximum atomic E-state index is 9.75. The summed E-state index contributed by atoms with van der Waals surface area (Å²) in [6.45, 7) is 0. The Morgan fingerprint density at radius 1 is 1.50 bits per heavy atom. The van der Waals surface area contributed by atoms with E-state index in [4.69, 9.17) is 0 Å². The van der Waals surface area contributed by atoms with Gasteiger partial charge in [0.25, 0.3) is 0 Å². The topological polar surface area (TPSA) is 111 Å². The molecule has 41 valence electrons. The summed E-state index contributed by atoms with van der Waals surface area (Å²) >= 11 is 0. The van der Waals surface area contributed by atoms with Gasteiger partial charge < -0.3 is 10.6 Å². The summed E-state index contributed by atoms with van der Waals surface area (Å²) in [6.07, 6.45) is 0. The molecule has 0 saturated carbocycles. The van der Waals surface area contributed by atoms with Crippen molar-refractivity contribution in [3.05, 3.63) is 0 Å². The van der Waals surface area contributed by atoms with E-state index in [2.05, 4.69) is 15.4 Å². The molecular formula is CH4LiN4O2. The van der Waals surface area contributed by atoms with Gasteiger partial charge in [0.05, 0.1) is 0 Å². The van der Waals surface area contributed by atoms with Crippen molar-refractivity contribution in [3.8, 4) is 6.01 Å². The van der Waals surface area contributed by atoms with Gasteiger partial charge in [0, 0.05) is 18.9 Å². The molecular weight excluding hydrogens is 107 g/mol. The van der Waals surface area contributed by atoms with Crippen LogP contribution in [0.25, 0.3) is 0 Å². The quantitative estimate of drug-likeness (QED) is 0.283. The number of nitrogens with one attached hydrogen (secondary N) is 1. The molecule has 6 nitrogen and oxygen atoms in total. The van der Waals surface area contributed by atoms with E-state index in [0.717, 1.165) is 0 Å². The fourth-order valence-electron chi connectivity index (χ4n) is 0.153. The van der Waals surface area contributed by atoms with Crippen molar-refractivity contribution >= 4 is 18.9 Å². The van der Waals surface area contributed by atoms with Crippen molar-refractivity contribution in [2.24, 2.45) is 0 Å². The van der Waals surface area contributed by atoms with Crippen LogP contribution >= 0.6 is 0 Å². The number of nitrogens with zero attached hydrogens (tertiary/aromatic N) is 3. The van der Waals surface area contributed by atoms with Gasteiger partial charge >= 0.3 is 0 Å². The number of tetrazole rings is 1. The Morgan fingerprint density at radius 3 is 2.25 bits per heavy atom. The molecule has 0 fully saturated rings. The standard InChI is InChI=1S/CH2N4O.Li.H2O/c6-1-2-4-5-3-1;;/h(H2,2,3,4,5,6);;1H2. The molecule has 0 aliphatic carbocycles. The summed E-state index contributed by atoms with van der Waals surface area (Å²) in [6, 6.07) is -0.574. The average Bonchev–Trinajstić information content (AvgIpc) is 1.86. The van der Waals surface area contributed by atoms with Gasteiger partial charge in [0.1, 0.15) is 6.01 Å². The van der Waals surface area contributed by atoms with Crippen LogP contribution in [0.5, 0.6) is 6.01 Å². The van der Waals surface area contributed by atoms with Crippen molar-refractivity contribution in [1.82, 2.24) is 20.6 Å². The summed E-state index contributed by atoms with van der Waals surface area (Å²) in [7, 11) is 0. The van der Waals surface area contributed by atoms with Crippen LogP contribution in [-0.2, 0) is 5.48 Å². The number of aromatic amines is 1. The van der Waals surface area contributed by atoms with E-state index in [1.54, 1.807) is 0 Å². The Hall–Kier alpha value is -0.573. The van der Waals surface area contributed by atoms with Gasteiger partial charge in [-0.05, 0) is 0 Å². The molecule has 0 aromatic carbocycles. The third kappa shape index (κ3) is 2.58. The van der Waals surface area contributed by atoms with Crippen molar-refractivity contribution in [2.45, 2.75) is 0 Å². The molecule has 1 rings (SSSR count). The molecule has 8 heavy (non-hydrogen) atoms. The Morgan fingerprint density at radius 2 is 2.12 bits per heavy atom. The summed E-state index contributed by atoms with van der Waals surface area (Å²) in [5, 5.41) is 20.7. The maximum Gasteiger partial charge on any atom is 0.130 e. The van der Waals surface area contributed by atoms with Crippen LogP contribution in [0.4, 0.5) is 0 Å². The normalized spacial score (nSPS) is 6.50. The van der Waals surface area contributed by atoms with E-state index in [0.29, 0.717) is 0 Å². The Labute approximate surface area is 56.8 Å². The Kier molecular flexibility index (Phi) is 5.97.